The molecule has 3 aromatic carbocycles. The lowest BCUT2D eigenvalue weighted by Crippen LogP contribution is -2.09. The third-order valence-electron chi connectivity index (χ3n) is 4.35. The number of halogens is 4. The molecule has 0 amide bonds. The molecule has 0 spiro atoms. The van der Waals surface area contributed by atoms with E-state index in [1.165, 1.54) is 43.3 Å². The Morgan fingerprint density at radius 2 is 1.03 bits per heavy atom. The zero-order chi connectivity index (χ0) is 21.5. The zero-order valence-electron chi connectivity index (χ0n) is 14.8. The van der Waals surface area contributed by atoms with E-state index in [9.17, 15) is 19.8 Å². The van der Waals surface area contributed by atoms with Crippen molar-refractivity contribution in [2.75, 3.05) is 0 Å². The Kier molecular flexibility index (Phi) is 6.11. The fourth-order valence-electron chi connectivity index (χ4n) is 2.78. The van der Waals surface area contributed by atoms with Crippen molar-refractivity contribution >= 4 is 58.0 Å². The standard InChI is InChI=1S/C21H12Cl4O4/c1-9-18(26)14(20(28)12-4-2-10(22)6-16(12)24)8-15(19(9)27)21(29)13-5-3-11(23)7-17(13)25/h2-8,26-27H,1H3. The van der Waals surface area contributed by atoms with Gasteiger partial charge in [0.25, 0.3) is 0 Å². The molecule has 0 aliphatic rings. The zero-order valence-corrected chi connectivity index (χ0v) is 17.8. The van der Waals surface area contributed by atoms with E-state index in [1.807, 2.05) is 0 Å². The molecule has 29 heavy (non-hydrogen) atoms. The molecule has 0 saturated carbocycles. The molecule has 0 aromatic heterocycles. The van der Waals surface area contributed by atoms with E-state index in [0.717, 1.165) is 6.07 Å². The van der Waals surface area contributed by atoms with Crippen molar-refractivity contribution in [2.24, 2.45) is 0 Å². The van der Waals surface area contributed by atoms with Gasteiger partial charge in [0.2, 0.25) is 0 Å². The van der Waals surface area contributed by atoms with Crippen LogP contribution in [0.15, 0.2) is 42.5 Å². The van der Waals surface area contributed by atoms with Crippen molar-refractivity contribution in [3.8, 4) is 11.5 Å². The highest BCUT2D eigenvalue weighted by Crippen LogP contribution is 2.37. The molecule has 4 nitrogen and oxygen atoms in total. The summed E-state index contributed by atoms with van der Waals surface area (Å²) in [5.74, 6) is -2.19. The first-order chi connectivity index (χ1) is 13.6. The smallest absolute Gasteiger partial charge is 0.198 e. The molecule has 8 heteroatoms. The quantitative estimate of drug-likeness (QED) is 0.428. The molecule has 0 saturated heterocycles. The Morgan fingerprint density at radius 3 is 1.38 bits per heavy atom. The number of phenolic OH excluding ortho intramolecular Hbond substituents is 2. The number of aromatic hydroxyl groups is 2. The van der Waals surface area contributed by atoms with Gasteiger partial charge in [-0.3, -0.25) is 9.59 Å². The van der Waals surface area contributed by atoms with E-state index in [0.29, 0.717) is 10.0 Å². The van der Waals surface area contributed by atoms with Crippen molar-refractivity contribution < 1.29 is 19.8 Å². The van der Waals surface area contributed by atoms with E-state index in [2.05, 4.69) is 0 Å². The number of hydrogen-bond donors (Lipinski definition) is 2. The van der Waals surface area contributed by atoms with Crippen LogP contribution < -0.4 is 0 Å². The van der Waals surface area contributed by atoms with Crippen LogP contribution in [-0.2, 0) is 0 Å². The van der Waals surface area contributed by atoms with Crippen LogP contribution in [0.2, 0.25) is 20.1 Å². The Labute approximate surface area is 186 Å². The predicted octanol–water partition coefficient (Wildman–Crippen LogP) is 6.48. The van der Waals surface area contributed by atoms with E-state index < -0.39 is 23.1 Å². The van der Waals surface area contributed by atoms with Crippen LogP contribution in [0.4, 0.5) is 0 Å². The maximum atomic E-state index is 13.0. The fraction of sp³-hybridized carbons (Fsp3) is 0.0476. The molecule has 3 rings (SSSR count). The summed E-state index contributed by atoms with van der Waals surface area (Å²) in [6.45, 7) is 1.38. The van der Waals surface area contributed by atoms with Crippen molar-refractivity contribution in [3.05, 3.63) is 90.4 Å². The van der Waals surface area contributed by atoms with Gasteiger partial charge in [0.15, 0.2) is 11.6 Å². The average molecular weight is 470 g/mol. The molecule has 0 atom stereocenters. The summed E-state index contributed by atoms with van der Waals surface area (Å²) in [7, 11) is 0. The maximum Gasteiger partial charge on any atom is 0.198 e. The number of hydrogen-bond acceptors (Lipinski definition) is 4. The highest BCUT2D eigenvalue weighted by atomic mass is 35.5. The average Bonchev–Trinajstić information content (AvgIpc) is 2.65. The minimum absolute atomic E-state index is 0.0330. The van der Waals surface area contributed by atoms with E-state index in [-0.39, 0.29) is 37.9 Å². The lowest BCUT2D eigenvalue weighted by atomic mass is 9.93. The fourth-order valence-corrected chi connectivity index (χ4v) is 3.77. The minimum atomic E-state index is -0.636. The lowest BCUT2D eigenvalue weighted by molar-refractivity contribution is 0.103. The first-order valence-corrected chi connectivity index (χ1v) is 9.68. The predicted molar refractivity (Wildman–Crippen MR) is 114 cm³/mol. The molecule has 0 aliphatic heterocycles. The SMILES string of the molecule is Cc1c(O)c(C(=O)c2ccc(Cl)cc2Cl)cc(C(=O)c2ccc(Cl)cc2Cl)c1O. The van der Waals surface area contributed by atoms with Gasteiger partial charge < -0.3 is 10.2 Å². The first-order valence-electron chi connectivity index (χ1n) is 8.16. The monoisotopic (exact) mass is 468 g/mol. The van der Waals surface area contributed by atoms with E-state index >= 15 is 0 Å². The number of benzene rings is 3. The molecule has 0 heterocycles. The highest BCUT2D eigenvalue weighted by molar-refractivity contribution is 6.38. The molecular formula is C21H12Cl4O4. The van der Waals surface area contributed by atoms with Crippen molar-refractivity contribution in [3.63, 3.8) is 0 Å². The van der Waals surface area contributed by atoms with E-state index in [1.54, 1.807) is 0 Å². The molecule has 0 bridgehead atoms. The summed E-state index contributed by atoms with van der Waals surface area (Å²) >= 11 is 23.9. The molecular weight excluding hydrogens is 458 g/mol. The third kappa shape index (κ3) is 4.07. The van der Waals surface area contributed by atoms with Crippen molar-refractivity contribution in [1.82, 2.24) is 0 Å². The number of phenols is 2. The summed E-state index contributed by atoms with van der Waals surface area (Å²) in [5.41, 5.74) is -0.260. The normalized spacial score (nSPS) is 10.8. The largest absolute Gasteiger partial charge is 0.507 e. The Balaban J connectivity index is 2.17. The lowest BCUT2D eigenvalue weighted by Gasteiger charge is -2.14. The molecule has 2 N–H and O–H groups in total. The van der Waals surface area contributed by atoms with Crippen LogP contribution >= 0.6 is 46.4 Å². The van der Waals surface area contributed by atoms with Gasteiger partial charge in [-0.05, 0) is 49.4 Å². The van der Waals surface area contributed by atoms with Gasteiger partial charge in [0, 0.05) is 26.7 Å². The van der Waals surface area contributed by atoms with Gasteiger partial charge in [-0.25, -0.2) is 0 Å². The van der Waals surface area contributed by atoms with Crippen LogP contribution in [0.25, 0.3) is 0 Å². The van der Waals surface area contributed by atoms with Gasteiger partial charge in [-0.2, -0.15) is 0 Å². The van der Waals surface area contributed by atoms with Crippen LogP contribution in [0, 0.1) is 6.92 Å². The molecule has 0 unspecified atom stereocenters. The minimum Gasteiger partial charge on any atom is -0.507 e. The van der Waals surface area contributed by atoms with Gasteiger partial charge in [-0.15, -0.1) is 0 Å². The number of carbonyl (C=O) groups excluding carboxylic acids is 2. The molecule has 3 aromatic rings. The Bertz CT molecular complexity index is 1080. The molecule has 0 fully saturated rings. The summed E-state index contributed by atoms with van der Waals surface area (Å²) in [6, 6.07) is 9.66. The Morgan fingerprint density at radius 1 is 0.655 bits per heavy atom. The summed E-state index contributed by atoms with van der Waals surface area (Å²) in [4.78, 5) is 25.9. The number of rotatable bonds is 4. The molecule has 0 radical (unpaired) electrons. The second kappa shape index (κ2) is 8.25. The number of carbonyl (C=O) groups is 2. The van der Waals surface area contributed by atoms with Crippen LogP contribution in [0.1, 0.15) is 37.4 Å². The summed E-state index contributed by atoms with van der Waals surface area (Å²) in [5, 5.41) is 21.7. The highest BCUT2D eigenvalue weighted by Gasteiger charge is 2.26. The van der Waals surface area contributed by atoms with Gasteiger partial charge >= 0.3 is 0 Å². The van der Waals surface area contributed by atoms with Gasteiger partial charge in [0.05, 0.1) is 21.2 Å². The second-order valence-electron chi connectivity index (χ2n) is 6.20. The first kappa shape index (κ1) is 21.5. The second-order valence-corrected chi connectivity index (χ2v) is 7.89. The van der Waals surface area contributed by atoms with Crippen molar-refractivity contribution in [1.29, 1.82) is 0 Å². The summed E-state index contributed by atoms with van der Waals surface area (Å²) in [6.07, 6.45) is 0. The van der Waals surface area contributed by atoms with Crippen LogP contribution in [-0.4, -0.2) is 21.8 Å². The summed E-state index contributed by atoms with van der Waals surface area (Å²) < 4.78 is 0. The van der Waals surface area contributed by atoms with Gasteiger partial charge in [0.1, 0.15) is 11.5 Å². The van der Waals surface area contributed by atoms with Crippen LogP contribution in [0.3, 0.4) is 0 Å². The van der Waals surface area contributed by atoms with Crippen molar-refractivity contribution in [2.45, 2.75) is 6.92 Å². The maximum absolute atomic E-state index is 13.0. The Hall–Kier alpha value is -2.24. The topological polar surface area (TPSA) is 74.6 Å². The molecule has 0 aliphatic carbocycles. The third-order valence-corrected chi connectivity index (χ3v) is 5.45. The number of ketones is 2. The van der Waals surface area contributed by atoms with Crippen LogP contribution in [0.5, 0.6) is 11.5 Å². The van der Waals surface area contributed by atoms with E-state index in [4.69, 9.17) is 46.4 Å². The van der Waals surface area contributed by atoms with Gasteiger partial charge in [-0.1, -0.05) is 46.4 Å². The molecule has 148 valence electrons.